The van der Waals surface area contributed by atoms with Crippen LogP contribution in [0.3, 0.4) is 0 Å². The predicted octanol–water partition coefficient (Wildman–Crippen LogP) is 1.36. The van der Waals surface area contributed by atoms with E-state index >= 15 is 0 Å². The average Bonchev–Trinajstić information content (AvgIpc) is 2.37. The highest BCUT2D eigenvalue weighted by molar-refractivity contribution is 5.92. The summed E-state index contributed by atoms with van der Waals surface area (Å²) >= 11 is 0. The summed E-state index contributed by atoms with van der Waals surface area (Å²) in [5, 5.41) is 9.20. The Balaban J connectivity index is 2.81. The highest BCUT2D eigenvalue weighted by Gasteiger charge is 2.13. The van der Waals surface area contributed by atoms with Gasteiger partial charge in [0.2, 0.25) is 0 Å². The third kappa shape index (κ3) is 2.16. The number of hydrogen-bond donors (Lipinski definition) is 2. The Hall–Kier alpha value is -2.37. The smallest absolute Gasteiger partial charge is 0.335 e. The van der Waals surface area contributed by atoms with Crippen LogP contribution < -0.4 is 11.2 Å². The van der Waals surface area contributed by atoms with Gasteiger partial charge in [-0.15, -0.1) is 0 Å². The van der Waals surface area contributed by atoms with Crippen LogP contribution in [0.15, 0.2) is 27.8 Å². The molecule has 0 fully saturated rings. The van der Waals surface area contributed by atoms with Gasteiger partial charge >= 0.3 is 11.7 Å². The van der Waals surface area contributed by atoms with E-state index in [1.54, 1.807) is 6.92 Å². The van der Waals surface area contributed by atoms with Gasteiger partial charge in [-0.2, -0.15) is 0 Å². The molecule has 0 bridgehead atoms. The number of rotatable bonds is 3. The van der Waals surface area contributed by atoms with Gasteiger partial charge in [0.1, 0.15) is 0 Å². The first kappa shape index (κ1) is 13.1. The highest BCUT2D eigenvalue weighted by Crippen LogP contribution is 2.11. The quantitative estimate of drug-likeness (QED) is 0.873. The van der Waals surface area contributed by atoms with E-state index in [4.69, 9.17) is 5.11 Å². The summed E-state index contributed by atoms with van der Waals surface area (Å²) in [6.45, 7) is 3.67. The van der Waals surface area contributed by atoms with E-state index in [9.17, 15) is 14.4 Å². The molecule has 100 valence electrons. The van der Waals surface area contributed by atoms with E-state index in [1.807, 2.05) is 6.92 Å². The van der Waals surface area contributed by atoms with Gasteiger partial charge in [0, 0.05) is 6.04 Å². The van der Waals surface area contributed by atoms with Gasteiger partial charge < -0.3 is 10.1 Å². The van der Waals surface area contributed by atoms with Crippen molar-refractivity contribution in [3.63, 3.8) is 0 Å². The highest BCUT2D eigenvalue weighted by atomic mass is 16.4. The van der Waals surface area contributed by atoms with Crippen LogP contribution in [0.5, 0.6) is 0 Å². The summed E-state index contributed by atoms with van der Waals surface area (Å²) in [6, 6.07) is 3.86. The molecule has 2 rings (SSSR count). The Morgan fingerprint density at radius 2 is 2.11 bits per heavy atom. The Kier molecular flexibility index (Phi) is 3.25. The summed E-state index contributed by atoms with van der Waals surface area (Å²) in [5.74, 6) is -1.10. The molecule has 1 heterocycles. The first-order chi connectivity index (χ1) is 8.95. The zero-order valence-electron chi connectivity index (χ0n) is 10.6. The van der Waals surface area contributed by atoms with Crippen molar-refractivity contribution >= 4 is 16.9 Å². The number of nitrogens with one attached hydrogen (secondary N) is 1. The maximum atomic E-state index is 12.2. The lowest BCUT2D eigenvalue weighted by atomic mass is 10.1. The number of carbonyl (C=O) groups is 1. The van der Waals surface area contributed by atoms with Crippen molar-refractivity contribution in [1.29, 1.82) is 0 Å². The van der Waals surface area contributed by atoms with Gasteiger partial charge in [-0.05, 0) is 31.5 Å². The van der Waals surface area contributed by atoms with Gasteiger partial charge in [0.15, 0.2) is 0 Å². The molecule has 0 aliphatic heterocycles. The normalized spacial score (nSPS) is 12.5. The van der Waals surface area contributed by atoms with Crippen LogP contribution in [0.25, 0.3) is 10.9 Å². The standard InChI is InChI=1S/C13H14N2O4/c1-3-7(2)15-11(16)9-5-4-8(12(17)18)6-10(9)14-13(15)19/h4-7H,3H2,1-2H3,(H,14,19)(H,17,18). The summed E-state index contributed by atoms with van der Waals surface area (Å²) < 4.78 is 1.16. The maximum Gasteiger partial charge on any atom is 0.335 e. The number of hydrogen-bond acceptors (Lipinski definition) is 3. The molecule has 0 spiro atoms. The van der Waals surface area contributed by atoms with Gasteiger partial charge in [-0.3, -0.25) is 9.36 Å². The Morgan fingerprint density at radius 1 is 1.42 bits per heavy atom. The number of fused-ring (bicyclic) bond motifs is 1. The fourth-order valence-corrected chi connectivity index (χ4v) is 1.95. The SMILES string of the molecule is CCC(C)n1c(=O)[nH]c2cc(C(=O)O)ccc2c1=O. The largest absolute Gasteiger partial charge is 0.478 e. The van der Waals surface area contributed by atoms with Gasteiger partial charge in [0.05, 0.1) is 16.5 Å². The molecule has 0 saturated heterocycles. The zero-order valence-corrected chi connectivity index (χ0v) is 10.6. The lowest BCUT2D eigenvalue weighted by molar-refractivity contribution is 0.0697. The molecule has 1 aromatic carbocycles. The molecule has 0 aliphatic rings. The van der Waals surface area contributed by atoms with E-state index in [2.05, 4.69) is 4.98 Å². The van der Waals surface area contributed by atoms with E-state index < -0.39 is 17.2 Å². The van der Waals surface area contributed by atoms with Crippen molar-refractivity contribution in [2.45, 2.75) is 26.3 Å². The van der Waals surface area contributed by atoms with Crippen molar-refractivity contribution in [1.82, 2.24) is 9.55 Å². The number of aromatic amines is 1. The van der Waals surface area contributed by atoms with Gasteiger partial charge in [0.25, 0.3) is 5.56 Å². The second-order valence-corrected chi connectivity index (χ2v) is 4.43. The number of aromatic carboxylic acids is 1. The van der Waals surface area contributed by atoms with Gasteiger partial charge in [-0.1, -0.05) is 6.92 Å². The van der Waals surface area contributed by atoms with E-state index in [1.165, 1.54) is 18.2 Å². The molecule has 0 saturated carbocycles. The first-order valence-corrected chi connectivity index (χ1v) is 5.97. The zero-order chi connectivity index (χ0) is 14.2. The fourth-order valence-electron chi connectivity index (χ4n) is 1.95. The predicted molar refractivity (Wildman–Crippen MR) is 70.8 cm³/mol. The number of aromatic nitrogens is 2. The molecule has 1 unspecified atom stereocenters. The third-order valence-corrected chi connectivity index (χ3v) is 3.21. The molecule has 0 radical (unpaired) electrons. The number of H-pyrrole nitrogens is 1. The number of carboxylic acids is 1. The van der Waals surface area contributed by atoms with E-state index in [0.717, 1.165) is 4.57 Å². The monoisotopic (exact) mass is 262 g/mol. The van der Waals surface area contributed by atoms with Crippen LogP contribution in [-0.2, 0) is 0 Å². The lowest BCUT2D eigenvalue weighted by Crippen LogP contribution is -2.37. The average molecular weight is 262 g/mol. The summed E-state index contributed by atoms with van der Waals surface area (Å²) in [6.07, 6.45) is 0.654. The Bertz CT molecular complexity index is 757. The molecule has 1 atom stereocenters. The molecule has 2 aromatic rings. The number of benzene rings is 1. The summed E-state index contributed by atoms with van der Waals surface area (Å²) in [5.41, 5.74) is -0.641. The molecule has 0 aliphatic carbocycles. The number of carboxylic acid groups (broad SMARTS) is 1. The summed E-state index contributed by atoms with van der Waals surface area (Å²) in [7, 11) is 0. The first-order valence-electron chi connectivity index (χ1n) is 5.97. The minimum absolute atomic E-state index is 0.0313. The number of nitrogens with zero attached hydrogens (tertiary/aromatic N) is 1. The molecule has 6 nitrogen and oxygen atoms in total. The molecular formula is C13H14N2O4. The lowest BCUT2D eigenvalue weighted by Gasteiger charge is -2.12. The Morgan fingerprint density at radius 3 is 2.68 bits per heavy atom. The minimum atomic E-state index is -1.10. The van der Waals surface area contributed by atoms with Crippen LogP contribution in [0.1, 0.15) is 36.7 Å². The molecule has 1 aromatic heterocycles. The van der Waals surface area contributed by atoms with Crippen LogP contribution in [0.4, 0.5) is 0 Å². The van der Waals surface area contributed by atoms with Crippen LogP contribution in [0.2, 0.25) is 0 Å². The van der Waals surface area contributed by atoms with E-state index in [0.29, 0.717) is 11.8 Å². The van der Waals surface area contributed by atoms with Crippen molar-refractivity contribution in [3.05, 3.63) is 44.6 Å². The third-order valence-electron chi connectivity index (χ3n) is 3.21. The maximum absolute atomic E-state index is 12.2. The van der Waals surface area contributed by atoms with Gasteiger partial charge in [-0.25, -0.2) is 9.59 Å². The molecule has 0 amide bonds. The fraction of sp³-hybridized carbons (Fsp3) is 0.308. The minimum Gasteiger partial charge on any atom is -0.478 e. The second kappa shape index (κ2) is 4.72. The van der Waals surface area contributed by atoms with Crippen LogP contribution >= 0.6 is 0 Å². The van der Waals surface area contributed by atoms with Crippen molar-refractivity contribution in [2.24, 2.45) is 0 Å². The second-order valence-electron chi connectivity index (χ2n) is 4.43. The van der Waals surface area contributed by atoms with Crippen molar-refractivity contribution < 1.29 is 9.90 Å². The Labute approximate surface area is 108 Å². The topological polar surface area (TPSA) is 92.2 Å². The molecule has 2 N–H and O–H groups in total. The molecule has 19 heavy (non-hydrogen) atoms. The summed E-state index contributed by atoms with van der Waals surface area (Å²) in [4.78, 5) is 37.5. The van der Waals surface area contributed by atoms with Crippen molar-refractivity contribution in [3.8, 4) is 0 Å². The molecule has 6 heteroatoms. The van der Waals surface area contributed by atoms with E-state index in [-0.39, 0.29) is 17.1 Å². The van der Waals surface area contributed by atoms with Crippen LogP contribution in [0, 0.1) is 0 Å². The molecular weight excluding hydrogens is 248 g/mol. The van der Waals surface area contributed by atoms with Crippen molar-refractivity contribution in [2.75, 3.05) is 0 Å². The van der Waals surface area contributed by atoms with Crippen LogP contribution in [-0.4, -0.2) is 20.6 Å².